The number of nitrogens with one attached hydrogen (secondary N) is 1. The maximum atomic E-state index is 13.3. The quantitative estimate of drug-likeness (QED) is 0.644. The highest BCUT2D eigenvalue weighted by molar-refractivity contribution is 7.99. The van der Waals surface area contributed by atoms with Crippen molar-refractivity contribution in [2.45, 2.75) is 46.5 Å². The molecule has 0 saturated carbocycles. The van der Waals surface area contributed by atoms with Gasteiger partial charge in [-0.15, -0.1) is 0 Å². The highest BCUT2D eigenvalue weighted by Crippen LogP contribution is 2.52. The molecular formula is C24H29NO3S. The molecule has 154 valence electrons. The van der Waals surface area contributed by atoms with Crippen molar-refractivity contribution < 1.29 is 14.6 Å². The van der Waals surface area contributed by atoms with Crippen molar-refractivity contribution in [1.29, 1.82) is 0 Å². The maximum absolute atomic E-state index is 13.3. The molecule has 0 aromatic heterocycles. The van der Waals surface area contributed by atoms with Gasteiger partial charge in [-0.3, -0.25) is 4.79 Å². The summed E-state index contributed by atoms with van der Waals surface area (Å²) in [6.07, 6.45) is 1.38. The Labute approximate surface area is 177 Å². The number of carbonyl (C=O) groups excluding carboxylic acids is 1. The van der Waals surface area contributed by atoms with Gasteiger partial charge in [0.1, 0.15) is 0 Å². The minimum Gasteiger partial charge on any atom is -0.504 e. The predicted molar refractivity (Wildman–Crippen MR) is 119 cm³/mol. The average molecular weight is 412 g/mol. The molecule has 0 spiro atoms. The van der Waals surface area contributed by atoms with Gasteiger partial charge in [0.15, 0.2) is 17.3 Å². The van der Waals surface area contributed by atoms with E-state index in [1.807, 2.05) is 43.0 Å². The van der Waals surface area contributed by atoms with E-state index in [0.717, 1.165) is 51.6 Å². The summed E-state index contributed by atoms with van der Waals surface area (Å²) in [6.45, 7) is 8.95. The fourth-order valence-corrected chi connectivity index (χ4v) is 5.25. The van der Waals surface area contributed by atoms with Gasteiger partial charge in [0.25, 0.3) is 0 Å². The van der Waals surface area contributed by atoms with Gasteiger partial charge in [0.05, 0.1) is 6.61 Å². The number of dihydropyridines is 1. The lowest BCUT2D eigenvalue weighted by Crippen LogP contribution is -2.38. The molecule has 0 amide bonds. The summed E-state index contributed by atoms with van der Waals surface area (Å²) >= 11 is 1.81. The van der Waals surface area contributed by atoms with Crippen LogP contribution in [0.4, 0.5) is 0 Å². The van der Waals surface area contributed by atoms with E-state index in [0.29, 0.717) is 18.8 Å². The molecule has 2 aliphatic carbocycles. The van der Waals surface area contributed by atoms with Crippen molar-refractivity contribution in [2.24, 2.45) is 5.41 Å². The number of allylic oxidation sites excluding steroid dienone is 4. The molecule has 1 aromatic rings. The zero-order valence-electron chi connectivity index (χ0n) is 17.6. The number of benzene rings is 1. The second kappa shape index (κ2) is 7.60. The summed E-state index contributed by atoms with van der Waals surface area (Å²) in [5, 5.41) is 14.6. The second-order valence-electron chi connectivity index (χ2n) is 8.74. The Morgan fingerprint density at radius 2 is 2.00 bits per heavy atom. The molecule has 29 heavy (non-hydrogen) atoms. The van der Waals surface area contributed by atoms with E-state index in [2.05, 4.69) is 26.1 Å². The van der Waals surface area contributed by atoms with E-state index < -0.39 is 0 Å². The van der Waals surface area contributed by atoms with Crippen molar-refractivity contribution in [2.75, 3.05) is 18.1 Å². The van der Waals surface area contributed by atoms with Crippen molar-refractivity contribution in [3.05, 3.63) is 63.7 Å². The largest absolute Gasteiger partial charge is 0.504 e. The van der Waals surface area contributed by atoms with Gasteiger partial charge in [0, 0.05) is 46.2 Å². The van der Waals surface area contributed by atoms with Gasteiger partial charge >= 0.3 is 0 Å². The molecule has 2 N–H and O–H groups in total. The van der Waals surface area contributed by atoms with Gasteiger partial charge in [-0.2, -0.15) is 11.8 Å². The number of fused-ring (bicyclic) bond motifs is 4. The molecule has 1 unspecified atom stereocenters. The lowest BCUT2D eigenvalue weighted by Gasteiger charge is -2.42. The smallest absolute Gasteiger partial charge is 0.167 e. The van der Waals surface area contributed by atoms with E-state index in [1.165, 1.54) is 0 Å². The lowest BCUT2D eigenvalue weighted by atomic mass is 9.66. The number of hydrogen-bond donors (Lipinski definition) is 2. The van der Waals surface area contributed by atoms with Crippen LogP contribution >= 0.6 is 11.8 Å². The molecule has 4 rings (SSSR count). The topological polar surface area (TPSA) is 58.6 Å². The number of aliphatic hydroxyl groups excluding tert-OH is 1. The first-order valence-corrected chi connectivity index (χ1v) is 11.5. The first-order chi connectivity index (χ1) is 13.8. The number of hydrogen-bond acceptors (Lipinski definition) is 5. The van der Waals surface area contributed by atoms with E-state index in [1.54, 1.807) is 0 Å². The molecule has 1 aliphatic heterocycles. The number of rotatable bonds is 5. The molecule has 0 fully saturated rings. The second-order valence-corrected chi connectivity index (χ2v) is 10.1. The zero-order chi connectivity index (χ0) is 20.8. The molecule has 5 heteroatoms. The van der Waals surface area contributed by atoms with Crippen molar-refractivity contribution >= 4 is 23.3 Å². The Morgan fingerprint density at radius 1 is 1.24 bits per heavy atom. The van der Waals surface area contributed by atoms with Crippen molar-refractivity contribution in [3.8, 4) is 0 Å². The molecule has 1 atom stereocenters. The third-order valence-electron chi connectivity index (χ3n) is 5.90. The van der Waals surface area contributed by atoms with Crippen LogP contribution in [-0.4, -0.2) is 29.0 Å². The molecule has 0 bridgehead atoms. The van der Waals surface area contributed by atoms with Crippen LogP contribution in [0.15, 0.2) is 52.6 Å². The molecule has 3 aliphatic rings. The number of aliphatic hydroxyl groups is 1. The van der Waals surface area contributed by atoms with Crippen LogP contribution in [0.25, 0.3) is 5.76 Å². The minimum atomic E-state index is -0.184. The van der Waals surface area contributed by atoms with Gasteiger partial charge in [0.2, 0.25) is 0 Å². The van der Waals surface area contributed by atoms with Crippen LogP contribution in [0.1, 0.15) is 57.6 Å². The van der Waals surface area contributed by atoms with Crippen molar-refractivity contribution in [1.82, 2.24) is 5.32 Å². The number of Topliss-reactive ketones (excluding diaryl/α,β-unsaturated/α-hetero) is 1. The monoisotopic (exact) mass is 411 g/mol. The van der Waals surface area contributed by atoms with Gasteiger partial charge in [-0.05, 0) is 30.1 Å². The SMILES string of the molecule is CCSCCOC1=C(O)c2ccccc2C2C1=C(C)NC1=C2C(=O)CC(C)(C)C1. The highest BCUT2D eigenvalue weighted by Gasteiger charge is 2.45. The molecule has 1 heterocycles. The van der Waals surface area contributed by atoms with Crippen LogP contribution in [0.3, 0.4) is 0 Å². The van der Waals surface area contributed by atoms with Crippen LogP contribution in [0.5, 0.6) is 0 Å². The number of ketones is 1. The fourth-order valence-electron chi connectivity index (χ4n) is 4.76. The molecular weight excluding hydrogens is 382 g/mol. The third-order valence-corrected chi connectivity index (χ3v) is 6.77. The summed E-state index contributed by atoms with van der Waals surface area (Å²) in [6, 6.07) is 7.84. The van der Waals surface area contributed by atoms with E-state index >= 15 is 0 Å². The van der Waals surface area contributed by atoms with E-state index in [9.17, 15) is 9.90 Å². The molecule has 0 saturated heterocycles. The van der Waals surface area contributed by atoms with Gasteiger partial charge < -0.3 is 15.2 Å². The first-order valence-electron chi connectivity index (χ1n) is 10.3. The summed E-state index contributed by atoms with van der Waals surface area (Å²) in [5.41, 5.74) is 5.41. The normalized spacial score (nSPS) is 22.8. The minimum absolute atomic E-state index is 0.0520. The molecule has 1 aromatic carbocycles. The third kappa shape index (κ3) is 3.50. The number of thioether (sulfide) groups is 1. The van der Waals surface area contributed by atoms with Gasteiger partial charge in [-0.1, -0.05) is 45.0 Å². The van der Waals surface area contributed by atoms with E-state index in [4.69, 9.17) is 4.74 Å². The average Bonchev–Trinajstić information content (AvgIpc) is 2.66. The first kappa shape index (κ1) is 20.1. The van der Waals surface area contributed by atoms with Crippen LogP contribution in [0.2, 0.25) is 0 Å². The number of carbonyl (C=O) groups is 1. The van der Waals surface area contributed by atoms with Crippen LogP contribution in [0, 0.1) is 5.41 Å². The zero-order valence-corrected chi connectivity index (χ0v) is 18.4. The fraction of sp³-hybridized carbons (Fsp3) is 0.458. The highest BCUT2D eigenvalue weighted by atomic mass is 32.2. The Bertz CT molecular complexity index is 955. The van der Waals surface area contributed by atoms with Crippen LogP contribution in [-0.2, 0) is 9.53 Å². The molecule has 4 nitrogen and oxygen atoms in total. The summed E-state index contributed by atoms with van der Waals surface area (Å²) < 4.78 is 6.13. The maximum Gasteiger partial charge on any atom is 0.167 e. The van der Waals surface area contributed by atoms with Crippen molar-refractivity contribution in [3.63, 3.8) is 0 Å². The Morgan fingerprint density at radius 3 is 2.76 bits per heavy atom. The Balaban J connectivity index is 1.84. The molecule has 0 radical (unpaired) electrons. The van der Waals surface area contributed by atoms with E-state index in [-0.39, 0.29) is 22.9 Å². The summed E-state index contributed by atoms with van der Waals surface area (Å²) in [7, 11) is 0. The Kier molecular flexibility index (Phi) is 5.28. The summed E-state index contributed by atoms with van der Waals surface area (Å²) in [4.78, 5) is 13.3. The summed E-state index contributed by atoms with van der Waals surface area (Å²) in [5.74, 6) is 2.58. The van der Waals surface area contributed by atoms with Crippen LogP contribution < -0.4 is 5.32 Å². The standard InChI is InChI=1S/C24H29NO3S/c1-5-29-11-10-28-23-19-14(2)25-17-12-24(3,4)13-18(26)21(17)20(19)15-8-6-7-9-16(15)22(23)27/h6-9,20,25,27H,5,10-13H2,1-4H3. The lowest BCUT2D eigenvalue weighted by molar-refractivity contribution is -0.118. The predicted octanol–water partition coefficient (Wildman–Crippen LogP) is 5.30. The Hall–Kier alpha value is -2.14. The number of ether oxygens (including phenoxy) is 1. The van der Waals surface area contributed by atoms with Gasteiger partial charge in [-0.25, -0.2) is 0 Å².